The minimum absolute atomic E-state index is 0.0267. The summed E-state index contributed by atoms with van der Waals surface area (Å²) < 4.78 is 17.7. The minimum atomic E-state index is -0.788. The molecule has 1 saturated heterocycles. The lowest BCUT2D eigenvalue weighted by atomic mass is 9.95. The van der Waals surface area contributed by atoms with Crippen molar-refractivity contribution in [1.82, 2.24) is 4.90 Å². The molecule has 21 heavy (non-hydrogen) atoms. The molecule has 1 fully saturated rings. The van der Waals surface area contributed by atoms with Gasteiger partial charge in [0.2, 0.25) is 0 Å². The highest BCUT2D eigenvalue weighted by atomic mass is 19.1. The molecule has 1 aromatic carbocycles. The molecule has 1 unspecified atom stereocenters. The Morgan fingerprint density at radius 1 is 1.29 bits per heavy atom. The van der Waals surface area contributed by atoms with Crippen molar-refractivity contribution in [1.29, 1.82) is 0 Å². The highest BCUT2D eigenvalue weighted by Gasteiger charge is 2.31. The van der Waals surface area contributed by atoms with Gasteiger partial charge in [0.25, 0.3) is 0 Å². The summed E-state index contributed by atoms with van der Waals surface area (Å²) in [6, 6.07) is 6.24. The summed E-state index contributed by atoms with van der Waals surface area (Å²) in [4.78, 5) is 25.4. The number of carbonyl (C=O) groups is 2. The van der Waals surface area contributed by atoms with Gasteiger partial charge in [-0.1, -0.05) is 12.1 Å². The number of carbonyl (C=O) groups excluding carboxylic acids is 2. The molecule has 1 aliphatic rings. The second-order valence-electron chi connectivity index (χ2n) is 5.20. The molecular weight excluding hydrogens is 273 g/mol. The van der Waals surface area contributed by atoms with Crippen molar-refractivity contribution >= 4 is 11.9 Å². The number of hydrogen-bond donors (Lipinski definition) is 0. The molecule has 1 aliphatic heterocycles. The maximum Gasteiger partial charge on any atom is 0.397 e. The Hall–Kier alpha value is -1.91. The summed E-state index contributed by atoms with van der Waals surface area (Å²) in [5.41, 5.74) is 0.963. The Bertz CT molecular complexity index is 501. The van der Waals surface area contributed by atoms with Gasteiger partial charge in [-0.3, -0.25) is 4.79 Å². The van der Waals surface area contributed by atoms with Crippen LogP contribution in [0.15, 0.2) is 24.3 Å². The fourth-order valence-corrected chi connectivity index (χ4v) is 2.68. The van der Waals surface area contributed by atoms with Crippen molar-refractivity contribution in [2.45, 2.75) is 38.6 Å². The van der Waals surface area contributed by atoms with Crippen LogP contribution in [0.3, 0.4) is 0 Å². The lowest BCUT2D eigenvalue weighted by Crippen LogP contribution is -2.48. The van der Waals surface area contributed by atoms with Gasteiger partial charge in [-0.05, 0) is 50.3 Å². The first-order valence-electron chi connectivity index (χ1n) is 7.34. The van der Waals surface area contributed by atoms with Crippen molar-refractivity contribution < 1.29 is 18.7 Å². The number of benzene rings is 1. The van der Waals surface area contributed by atoms with Crippen LogP contribution in [0.2, 0.25) is 0 Å². The standard InChI is InChI=1S/C16H20FNO3/c1-2-21-16(20)15(19)18-10-4-3-5-14(18)11-12-6-8-13(17)9-7-12/h6-9,14H,2-5,10-11H2,1H3. The Balaban J connectivity index is 2.06. The summed E-state index contributed by atoms with van der Waals surface area (Å²) in [5.74, 6) is -1.63. The van der Waals surface area contributed by atoms with Crippen LogP contribution in [-0.4, -0.2) is 36.0 Å². The van der Waals surface area contributed by atoms with Gasteiger partial charge in [-0.15, -0.1) is 0 Å². The second-order valence-corrected chi connectivity index (χ2v) is 5.20. The third kappa shape index (κ3) is 4.03. The lowest BCUT2D eigenvalue weighted by molar-refractivity contribution is -0.161. The fourth-order valence-electron chi connectivity index (χ4n) is 2.68. The van der Waals surface area contributed by atoms with E-state index in [1.807, 2.05) is 0 Å². The quantitative estimate of drug-likeness (QED) is 0.634. The maximum atomic E-state index is 12.9. The van der Waals surface area contributed by atoms with Gasteiger partial charge < -0.3 is 9.64 Å². The number of piperidine rings is 1. The van der Waals surface area contributed by atoms with E-state index in [0.29, 0.717) is 13.0 Å². The predicted octanol–water partition coefficient (Wildman–Crippen LogP) is 2.31. The van der Waals surface area contributed by atoms with E-state index in [0.717, 1.165) is 24.8 Å². The van der Waals surface area contributed by atoms with Crippen LogP contribution in [0.5, 0.6) is 0 Å². The van der Waals surface area contributed by atoms with Gasteiger partial charge in [0.15, 0.2) is 0 Å². The average Bonchev–Trinajstić information content (AvgIpc) is 2.50. The highest BCUT2D eigenvalue weighted by Crippen LogP contribution is 2.21. The highest BCUT2D eigenvalue weighted by molar-refractivity contribution is 6.32. The number of amides is 1. The van der Waals surface area contributed by atoms with Crippen LogP contribution in [0, 0.1) is 5.82 Å². The summed E-state index contributed by atoms with van der Waals surface area (Å²) >= 11 is 0. The number of halogens is 1. The molecule has 0 spiro atoms. The van der Waals surface area contributed by atoms with Crippen LogP contribution in [0.4, 0.5) is 4.39 Å². The maximum absolute atomic E-state index is 12.9. The van der Waals surface area contributed by atoms with E-state index in [9.17, 15) is 14.0 Å². The molecule has 0 radical (unpaired) electrons. The smallest absolute Gasteiger partial charge is 0.397 e. The van der Waals surface area contributed by atoms with Gasteiger partial charge in [-0.2, -0.15) is 0 Å². The number of esters is 1. The summed E-state index contributed by atoms with van der Waals surface area (Å²) in [7, 11) is 0. The Morgan fingerprint density at radius 2 is 2.00 bits per heavy atom. The molecule has 0 bridgehead atoms. The van der Waals surface area contributed by atoms with Crippen molar-refractivity contribution in [2.24, 2.45) is 0 Å². The van der Waals surface area contributed by atoms with Crippen LogP contribution < -0.4 is 0 Å². The topological polar surface area (TPSA) is 46.6 Å². The van der Waals surface area contributed by atoms with Crippen LogP contribution in [-0.2, 0) is 20.7 Å². The van der Waals surface area contributed by atoms with Crippen LogP contribution in [0.25, 0.3) is 0 Å². The molecule has 0 aliphatic carbocycles. The molecule has 0 aromatic heterocycles. The van der Waals surface area contributed by atoms with Crippen molar-refractivity contribution in [3.05, 3.63) is 35.6 Å². The average molecular weight is 293 g/mol. The van der Waals surface area contributed by atoms with Crippen LogP contribution >= 0.6 is 0 Å². The monoisotopic (exact) mass is 293 g/mol. The molecule has 1 heterocycles. The zero-order chi connectivity index (χ0) is 15.2. The number of hydrogen-bond acceptors (Lipinski definition) is 3. The van der Waals surface area contributed by atoms with E-state index in [-0.39, 0.29) is 18.5 Å². The molecule has 0 N–H and O–H groups in total. The zero-order valence-corrected chi connectivity index (χ0v) is 12.2. The van der Waals surface area contributed by atoms with E-state index >= 15 is 0 Å². The van der Waals surface area contributed by atoms with E-state index in [2.05, 4.69) is 0 Å². The van der Waals surface area contributed by atoms with E-state index in [1.54, 1.807) is 24.0 Å². The minimum Gasteiger partial charge on any atom is -0.459 e. The fraction of sp³-hybridized carbons (Fsp3) is 0.500. The normalized spacial score (nSPS) is 18.4. The van der Waals surface area contributed by atoms with E-state index < -0.39 is 11.9 Å². The van der Waals surface area contributed by atoms with Gasteiger partial charge in [0.05, 0.1) is 6.61 Å². The summed E-state index contributed by atoms with van der Waals surface area (Å²) in [6.45, 7) is 2.45. The lowest BCUT2D eigenvalue weighted by Gasteiger charge is -2.35. The zero-order valence-electron chi connectivity index (χ0n) is 12.2. The second kappa shape index (κ2) is 7.20. The number of likely N-dealkylation sites (tertiary alicyclic amines) is 1. The first kappa shape index (κ1) is 15.5. The molecular formula is C16H20FNO3. The third-order valence-corrected chi connectivity index (χ3v) is 3.72. The van der Waals surface area contributed by atoms with Crippen molar-refractivity contribution in [2.75, 3.05) is 13.2 Å². The van der Waals surface area contributed by atoms with Crippen LogP contribution in [0.1, 0.15) is 31.7 Å². The van der Waals surface area contributed by atoms with Crippen molar-refractivity contribution in [3.8, 4) is 0 Å². The number of ether oxygens (including phenoxy) is 1. The molecule has 0 saturated carbocycles. The van der Waals surface area contributed by atoms with Crippen molar-refractivity contribution in [3.63, 3.8) is 0 Å². The molecule has 2 rings (SSSR count). The first-order chi connectivity index (χ1) is 10.1. The molecule has 1 amide bonds. The number of rotatable bonds is 3. The van der Waals surface area contributed by atoms with E-state index in [4.69, 9.17) is 4.74 Å². The van der Waals surface area contributed by atoms with Gasteiger partial charge in [0.1, 0.15) is 5.82 Å². The largest absolute Gasteiger partial charge is 0.459 e. The Labute approximate surface area is 123 Å². The predicted molar refractivity (Wildman–Crippen MR) is 76.1 cm³/mol. The van der Waals surface area contributed by atoms with Gasteiger partial charge >= 0.3 is 11.9 Å². The van der Waals surface area contributed by atoms with Gasteiger partial charge in [-0.25, -0.2) is 9.18 Å². The molecule has 1 aromatic rings. The third-order valence-electron chi connectivity index (χ3n) is 3.72. The number of nitrogens with zero attached hydrogens (tertiary/aromatic N) is 1. The van der Waals surface area contributed by atoms with E-state index in [1.165, 1.54) is 12.1 Å². The molecule has 1 atom stereocenters. The van der Waals surface area contributed by atoms with Gasteiger partial charge in [0, 0.05) is 12.6 Å². The molecule has 5 heteroatoms. The SMILES string of the molecule is CCOC(=O)C(=O)N1CCCCC1Cc1ccc(F)cc1. The summed E-state index contributed by atoms with van der Waals surface area (Å²) in [5, 5.41) is 0. The summed E-state index contributed by atoms with van der Waals surface area (Å²) in [6.07, 6.45) is 3.40. The Kier molecular flexibility index (Phi) is 5.31. The first-order valence-corrected chi connectivity index (χ1v) is 7.34. The molecule has 114 valence electrons. The Morgan fingerprint density at radius 3 is 2.67 bits per heavy atom. The molecule has 4 nitrogen and oxygen atoms in total.